The maximum Gasteiger partial charge on any atom is 0.416 e. The standard InChI is InChI=1S/C27H31F3N6O3/c1-17-8-4-5-9-18(17)12-24(37)31-20-13-19(27(28,29)30)14-21(15-20)32-26(38)33-25-16-36(34-39-25)23-11-7-6-10-22(23)35(2)3/h4-5,8-9,13-16,22-23H,6-7,10-12H2,1-3H3,(H2-,31,32,33,34,37,38)/p+1/t22-,23+/m0/s1. The van der Waals surface area contributed by atoms with Gasteiger partial charge < -0.3 is 15.5 Å². The molecule has 0 spiro atoms. The van der Waals surface area contributed by atoms with E-state index in [-0.39, 0.29) is 35.8 Å². The summed E-state index contributed by atoms with van der Waals surface area (Å²) in [6.45, 7) is 1.85. The molecule has 2 atom stereocenters. The van der Waals surface area contributed by atoms with Crippen LogP contribution in [0.25, 0.3) is 0 Å². The predicted molar refractivity (Wildman–Crippen MR) is 139 cm³/mol. The molecule has 4 rings (SSSR count). The number of alkyl halides is 3. The van der Waals surface area contributed by atoms with Gasteiger partial charge >= 0.3 is 18.1 Å². The van der Waals surface area contributed by atoms with Crippen molar-refractivity contribution in [1.82, 2.24) is 10.2 Å². The minimum atomic E-state index is -4.69. The van der Waals surface area contributed by atoms with Crippen LogP contribution >= 0.6 is 0 Å². The average Bonchev–Trinajstić information content (AvgIpc) is 3.32. The molecule has 1 aromatic heterocycles. The Labute approximate surface area is 224 Å². The van der Waals surface area contributed by atoms with E-state index >= 15 is 0 Å². The van der Waals surface area contributed by atoms with Crippen LogP contribution in [-0.2, 0) is 17.4 Å². The van der Waals surface area contributed by atoms with E-state index in [1.54, 1.807) is 23.0 Å². The SMILES string of the molecule is Cc1ccccc1CC(=O)Nc1cc(NC(=O)Nc2c[n+]([C@@H]3CCCC[C@@H]3N(C)C)no2)cc(C(F)(F)F)c1. The number of anilines is 3. The zero-order chi connectivity index (χ0) is 28.2. The summed E-state index contributed by atoms with van der Waals surface area (Å²) in [6.07, 6.45) is 0.967. The minimum absolute atomic E-state index is 0.00661. The fourth-order valence-corrected chi connectivity index (χ4v) is 4.87. The third kappa shape index (κ3) is 7.34. The monoisotopic (exact) mass is 545 g/mol. The van der Waals surface area contributed by atoms with Crippen LogP contribution in [0.15, 0.2) is 53.2 Å². The quantitative estimate of drug-likeness (QED) is 0.356. The van der Waals surface area contributed by atoms with Gasteiger partial charge in [0.15, 0.2) is 0 Å². The number of benzene rings is 2. The van der Waals surface area contributed by atoms with Gasteiger partial charge in [-0.1, -0.05) is 30.7 Å². The maximum absolute atomic E-state index is 13.6. The molecule has 2 aromatic carbocycles. The maximum atomic E-state index is 13.6. The van der Waals surface area contributed by atoms with E-state index in [1.807, 2.05) is 33.2 Å². The second kappa shape index (κ2) is 11.9. The number of hydrogen-bond acceptors (Lipinski definition) is 5. The number of amides is 3. The van der Waals surface area contributed by atoms with Crippen LogP contribution in [0.1, 0.15) is 48.4 Å². The Morgan fingerprint density at radius 3 is 2.44 bits per heavy atom. The highest BCUT2D eigenvalue weighted by atomic mass is 19.4. The summed E-state index contributed by atoms with van der Waals surface area (Å²) in [5.74, 6) is -0.432. The third-order valence-corrected chi connectivity index (χ3v) is 6.83. The minimum Gasteiger partial charge on any atom is -0.326 e. The van der Waals surface area contributed by atoms with Crippen molar-refractivity contribution in [1.29, 1.82) is 0 Å². The van der Waals surface area contributed by atoms with Gasteiger partial charge in [0.05, 0.1) is 18.0 Å². The van der Waals surface area contributed by atoms with Crippen molar-refractivity contribution in [3.63, 3.8) is 0 Å². The van der Waals surface area contributed by atoms with Gasteiger partial charge in [0.2, 0.25) is 17.2 Å². The van der Waals surface area contributed by atoms with Gasteiger partial charge in [-0.3, -0.25) is 14.6 Å². The van der Waals surface area contributed by atoms with Crippen molar-refractivity contribution < 1.29 is 32.0 Å². The summed E-state index contributed by atoms with van der Waals surface area (Å²) in [6, 6.07) is 9.64. The molecule has 3 amide bonds. The lowest BCUT2D eigenvalue weighted by Crippen LogP contribution is -2.52. The van der Waals surface area contributed by atoms with E-state index in [0.717, 1.165) is 48.9 Å². The number of nitrogens with zero attached hydrogens (tertiary/aromatic N) is 3. The summed E-state index contributed by atoms with van der Waals surface area (Å²) in [5.41, 5.74) is 0.388. The van der Waals surface area contributed by atoms with Crippen molar-refractivity contribution in [2.24, 2.45) is 0 Å². The number of carbonyl (C=O) groups excluding carboxylic acids is 2. The molecule has 1 fully saturated rings. The van der Waals surface area contributed by atoms with Crippen molar-refractivity contribution in [2.45, 2.75) is 57.3 Å². The first-order valence-electron chi connectivity index (χ1n) is 12.7. The Morgan fingerprint density at radius 1 is 1.05 bits per heavy atom. The molecule has 12 heteroatoms. The van der Waals surface area contributed by atoms with Crippen LogP contribution in [-0.4, -0.2) is 42.2 Å². The van der Waals surface area contributed by atoms with Gasteiger partial charge in [-0.15, -0.1) is 0 Å². The van der Waals surface area contributed by atoms with Crippen molar-refractivity contribution in [3.05, 3.63) is 65.4 Å². The first-order valence-corrected chi connectivity index (χ1v) is 12.7. The first kappa shape index (κ1) is 28.1. The molecule has 1 aliphatic rings. The predicted octanol–water partition coefficient (Wildman–Crippen LogP) is 5.16. The zero-order valence-electron chi connectivity index (χ0n) is 22.0. The molecule has 0 unspecified atom stereocenters. The van der Waals surface area contributed by atoms with E-state index in [0.29, 0.717) is 0 Å². The zero-order valence-corrected chi connectivity index (χ0v) is 22.0. The van der Waals surface area contributed by atoms with Gasteiger partial charge in [0, 0.05) is 17.8 Å². The van der Waals surface area contributed by atoms with Crippen molar-refractivity contribution in [3.8, 4) is 0 Å². The topological polar surface area (TPSA) is 103 Å². The van der Waals surface area contributed by atoms with E-state index in [4.69, 9.17) is 4.52 Å². The molecule has 1 saturated carbocycles. The average molecular weight is 546 g/mol. The van der Waals surface area contributed by atoms with Crippen molar-refractivity contribution in [2.75, 3.05) is 30.0 Å². The highest BCUT2D eigenvalue weighted by Crippen LogP contribution is 2.34. The Kier molecular flexibility index (Phi) is 8.54. The van der Waals surface area contributed by atoms with E-state index < -0.39 is 23.7 Å². The number of likely N-dealkylation sites (N-methyl/N-ethyl adjacent to an activating group) is 1. The highest BCUT2D eigenvalue weighted by molar-refractivity contribution is 6.00. The molecule has 3 N–H and O–H groups in total. The highest BCUT2D eigenvalue weighted by Gasteiger charge is 2.37. The molecule has 0 bridgehead atoms. The molecule has 0 radical (unpaired) electrons. The Bertz CT molecular complexity index is 1320. The lowest BCUT2D eigenvalue weighted by molar-refractivity contribution is -0.790. The number of rotatable bonds is 7. The van der Waals surface area contributed by atoms with Gasteiger partial charge in [-0.05, 0) is 67.9 Å². The van der Waals surface area contributed by atoms with E-state index in [9.17, 15) is 22.8 Å². The van der Waals surface area contributed by atoms with Crippen molar-refractivity contribution >= 4 is 29.2 Å². The van der Waals surface area contributed by atoms with Gasteiger partial charge in [0.25, 0.3) is 6.20 Å². The number of aryl methyl sites for hydroxylation is 1. The van der Waals surface area contributed by atoms with Gasteiger partial charge in [-0.25, -0.2) is 4.79 Å². The van der Waals surface area contributed by atoms with Crippen LogP contribution in [0.3, 0.4) is 0 Å². The second-order valence-corrected chi connectivity index (χ2v) is 9.96. The molecule has 39 heavy (non-hydrogen) atoms. The van der Waals surface area contributed by atoms with Gasteiger partial charge in [0.1, 0.15) is 0 Å². The number of halogens is 3. The largest absolute Gasteiger partial charge is 0.416 e. The molecule has 1 heterocycles. The fraction of sp³-hybridized carbons (Fsp3) is 0.407. The van der Waals surface area contributed by atoms with Crippen LogP contribution in [0.4, 0.5) is 35.2 Å². The number of carbonyl (C=O) groups is 2. The molecular weight excluding hydrogens is 513 g/mol. The molecule has 3 aromatic rings. The number of nitrogens with one attached hydrogen (secondary N) is 3. The summed E-state index contributed by atoms with van der Waals surface area (Å²) >= 11 is 0. The van der Waals surface area contributed by atoms with Crippen LogP contribution in [0.2, 0.25) is 0 Å². The number of urea groups is 1. The third-order valence-electron chi connectivity index (χ3n) is 6.83. The molecule has 0 saturated heterocycles. The molecule has 0 aliphatic heterocycles. The molecule has 1 aliphatic carbocycles. The first-order chi connectivity index (χ1) is 18.5. The van der Waals surface area contributed by atoms with E-state index in [1.165, 1.54) is 6.07 Å². The number of hydrogen-bond donors (Lipinski definition) is 3. The van der Waals surface area contributed by atoms with Crippen LogP contribution in [0.5, 0.6) is 0 Å². The smallest absolute Gasteiger partial charge is 0.326 e. The normalized spacial score (nSPS) is 17.6. The van der Waals surface area contributed by atoms with E-state index in [2.05, 4.69) is 26.1 Å². The Hall–Kier alpha value is -3.93. The number of aromatic nitrogens is 2. The summed E-state index contributed by atoms with van der Waals surface area (Å²) < 4.78 is 47.6. The van der Waals surface area contributed by atoms with Crippen LogP contribution in [0, 0.1) is 6.92 Å². The Balaban J connectivity index is 1.45. The second-order valence-electron chi connectivity index (χ2n) is 9.96. The molecular formula is C27H32F3N6O3+. The fourth-order valence-electron chi connectivity index (χ4n) is 4.87. The summed E-state index contributed by atoms with van der Waals surface area (Å²) in [5, 5.41) is 11.4. The summed E-state index contributed by atoms with van der Waals surface area (Å²) in [7, 11) is 4.01. The lowest BCUT2D eigenvalue weighted by atomic mass is 9.90. The molecule has 208 valence electrons. The van der Waals surface area contributed by atoms with Gasteiger partial charge in [-0.2, -0.15) is 13.2 Å². The summed E-state index contributed by atoms with van der Waals surface area (Å²) in [4.78, 5) is 27.3. The Morgan fingerprint density at radius 2 is 1.74 bits per heavy atom. The van der Waals surface area contributed by atoms with Crippen LogP contribution < -0.4 is 20.6 Å². The lowest BCUT2D eigenvalue weighted by Gasteiger charge is -2.30. The molecule has 9 nitrogen and oxygen atoms in total.